The van der Waals surface area contributed by atoms with Crippen LogP contribution in [0.3, 0.4) is 0 Å². The lowest BCUT2D eigenvalue weighted by Crippen LogP contribution is -2.27. The minimum atomic E-state index is 0.229. The number of aromatic nitrogens is 2. The van der Waals surface area contributed by atoms with Gasteiger partial charge in [-0.05, 0) is 25.7 Å². The molecule has 0 bridgehead atoms. The highest BCUT2D eigenvalue weighted by Gasteiger charge is 2.22. The molecule has 3 nitrogen and oxygen atoms in total. The molecular formula is C12H23N3. The van der Waals surface area contributed by atoms with E-state index in [0.29, 0.717) is 0 Å². The van der Waals surface area contributed by atoms with E-state index in [1.165, 1.54) is 5.82 Å². The fourth-order valence-corrected chi connectivity index (χ4v) is 2.17. The Hall–Kier alpha value is -0.830. The first-order valence-corrected chi connectivity index (χ1v) is 5.70. The van der Waals surface area contributed by atoms with Gasteiger partial charge in [-0.3, -0.25) is 0 Å². The van der Waals surface area contributed by atoms with E-state index in [0.717, 1.165) is 19.4 Å². The van der Waals surface area contributed by atoms with E-state index in [2.05, 4.69) is 37.2 Å². The molecule has 1 unspecified atom stereocenters. The molecule has 0 radical (unpaired) electrons. The number of nitrogens with two attached hydrogens (primary N) is 1. The standard InChI is InChI=1S/C12H23N3/c1-5-15-7-6-14-11(15)9-12(3,4)8-10(2)13/h6-7,10H,5,8-9,13H2,1-4H3. The van der Waals surface area contributed by atoms with Gasteiger partial charge in [0.1, 0.15) is 5.82 Å². The molecule has 3 heteroatoms. The predicted octanol–water partition coefficient (Wildman–Crippen LogP) is 2.21. The van der Waals surface area contributed by atoms with Crippen LogP contribution in [0.1, 0.15) is 39.9 Å². The molecule has 1 heterocycles. The molecule has 1 aromatic heterocycles. The van der Waals surface area contributed by atoms with Crippen molar-refractivity contribution in [2.75, 3.05) is 0 Å². The van der Waals surface area contributed by atoms with Gasteiger partial charge in [-0.15, -0.1) is 0 Å². The van der Waals surface area contributed by atoms with E-state index in [1.54, 1.807) is 0 Å². The Kier molecular flexibility index (Phi) is 3.91. The minimum Gasteiger partial charge on any atom is -0.335 e. The minimum absolute atomic E-state index is 0.229. The first-order valence-electron chi connectivity index (χ1n) is 5.70. The van der Waals surface area contributed by atoms with Crippen LogP contribution in [0.5, 0.6) is 0 Å². The van der Waals surface area contributed by atoms with Crippen LogP contribution in [0.15, 0.2) is 12.4 Å². The lowest BCUT2D eigenvalue weighted by atomic mass is 9.83. The topological polar surface area (TPSA) is 43.8 Å². The van der Waals surface area contributed by atoms with Crippen LogP contribution >= 0.6 is 0 Å². The van der Waals surface area contributed by atoms with Crippen molar-refractivity contribution in [2.45, 2.75) is 53.1 Å². The average Bonchev–Trinajstić information content (AvgIpc) is 2.48. The second-order valence-corrected chi connectivity index (χ2v) is 5.15. The Morgan fingerprint density at radius 1 is 1.53 bits per heavy atom. The third-order valence-electron chi connectivity index (χ3n) is 2.65. The zero-order valence-electron chi connectivity index (χ0n) is 10.3. The molecule has 1 aromatic rings. The van der Waals surface area contributed by atoms with E-state index in [1.807, 2.05) is 12.4 Å². The normalized spacial score (nSPS) is 14.2. The zero-order valence-corrected chi connectivity index (χ0v) is 10.3. The van der Waals surface area contributed by atoms with Crippen LogP contribution in [0.4, 0.5) is 0 Å². The smallest absolute Gasteiger partial charge is 0.109 e. The highest BCUT2D eigenvalue weighted by molar-refractivity contribution is 4.96. The number of imidazole rings is 1. The van der Waals surface area contributed by atoms with E-state index in [9.17, 15) is 0 Å². The van der Waals surface area contributed by atoms with Crippen molar-refractivity contribution in [3.8, 4) is 0 Å². The van der Waals surface area contributed by atoms with E-state index in [-0.39, 0.29) is 11.5 Å². The zero-order chi connectivity index (χ0) is 11.5. The third-order valence-corrected chi connectivity index (χ3v) is 2.65. The van der Waals surface area contributed by atoms with Gasteiger partial charge in [0, 0.05) is 31.4 Å². The van der Waals surface area contributed by atoms with Gasteiger partial charge in [-0.25, -0.2) is 4.98 Å². The van der Waals surface area contributed by atoms with Crippen molar-refractivity contribution in [2.24, 2.45) is 11.1 Å². The van der Waals surface area contributed by atoms with Crippen molar-refractivity contribution >= 4 is 0 Å². The summed E-state index contributed by atoms with van der Waals surface area (Å²) in [5.74, 6) is 1.17. The number of hydrogen-bond donors (Lipinski definition) is 1. The van der Waals surface area contributed by atoms with Crippen LogP contribution in [0, 0.1) is 5.41 Å². The largest absolute Gasteiger partial charge is 0.335 e. The third kappa shape index (κ3) is 3.67. The number of nitrogens with zero attached hydrogens (tertiary/aromatic N) is 2. The van der Waals surface area contributed by atoms with E-state index < -0.39 is 0 Å². The molecule has 2 N–H and O–H groups in total. The van der Waals surface area contributed by atoms with Crippen LogP contribution in [0.25, 0.3) is 0 Å². The number of aryl methyl sites for hydroxylation is 1. The predicted molar refractivity (Wildman–Crippen MR) is 63.7 cm³/mol. The molecule has 15 heavy (non-hydrogen) atoms. The molecule has 0 aliphatic rings. The Balaban J connectivity index is 2.68. The number of rotatable bonds is 5. The molecule has 0 amide bonds. The van der Waals surface area contributed by atoms with Crippen LogP contribution < -0.4 is 5.73 Å². The average molecular weight is 209 g/mol. The molecule has 86 valence electrons. The first kappa shape index (κ1) is 12.2. The summed E-state index contributed by atoms with van der Waals surface area (Å²) in [6.45, 7) is 9.71. The Morgan fingerprint density at radius 3 is 2.73 bits per heavy atom. The molecule has 0 saturated heterocycles. The highest BCUT2D eigenvalue weighted by atomic mass is 15.1. The summed E-state index contributed by atoms with van der Waals surface area (Å²) in [5, 5.41) is 0. The van der Waals surface area contributed by atoms with Gasteiger partial charge in [0.15, 0.2) is 0 Å². The molecular weight excluding hydrogens is 186 g/mol. The van der Waals surface area contributed by atoms with Crippen LogP contribution in [-0.2, 0) is 13.0 Å². The lowest BCUT2D eigenvalue weighted by Gasteiger charge is -2.26. The second-order valence-electron chi connectivity index (χ2n) is 5.15. The Bertz CT molecular complexity index is 300. The van der Waals surface area contributed by atoms with E-state index >= 15 is 0 Å². The van der Waals surface area contributed by atoms with Gasteiger partial charge in [-0.1, -0.05) is 13.8 Å². The summed E-state index contributed by atoms with van der Waals surface area (Å²) in [6, 6.07) is 0.255. The van der Waals surface area contributed by atoms with Crippen LogP contribution in [0.2, 0.25) is 0 Å². The van der Waals surface area contributed by atoms with Gasteiger partial charge >= 0.3 is 0 Å². The Morgan fingerprint density at radius 2 is 2.20 bits per heavy atom. The van der Waals surface area contributed by atoms with E-state index in [4.69, 9.17) is 5.73 Å². The maximum atomic E-state index is 5.85. The molecule has 0 spiro atoms. The molecule has 0 fully saturated rings. The second kappa shape index (κ2) is 4.79. The molecule has 0 aliphatic heterocycles. The SMILES string of the molecule is CCn1ccnc1CC(C)(C)CC(C)N. The fourth-order valence-electron chi connectivity index (χ4n) is 2.17. The summed E-state index contributed by atoms with van der Waals surface area (Å²) in [4.78, 5) is 4.40. The van der Waals surface area contributed by atoms with Crippen molar-refractivity contribution < 1.29 is 0 Å². The van der Waals surface area contributed by atoms with Gasteiger partial charge in [0.25, 0.3) is 0 Å². The summed E-state index contributed by atoms with van der Waals surface area (Å²) in [7, 11) is 0. The quantitative estimate of drug-likeness (QED) is 0.808. The van der Waals surface area contributed by atoms with Crippen LogP contribution in [-0.4, -0.2) is 15.6 Å². The highest BCUT2D eigenvalue weighted by Crippen LogP contribution is 2.26. The maximum Gasteiger partial charge on any atom is 0.109 e. The summed E-state index contributed by atoms with van der Waals surface area (Å²) in [5.41, 5.74) is 6.08. The van der Waals surface area contributed by atoms with Gasteiger partial charge in [0.2, 0.25) is 0 Å². The van der Waals surface area contributed by atoms with Gasteiger partial charge in [0.05, 0.1) is 0 Å². The fraction of sp³-hybridized carbons (Fsp3) is 0.750. The Labute approximate surface area is 92.7 Å². The molecule has 1 atom stereocenters. The van der Waals surface area contributed by atoms with Gasteiger partial charge in [-0.2, -0.15) is 0 Å². The molecule has 0 saturated carbocycles. The lowest BCUT2D eigenvalue weighted by molar-refractivity contribution is 0.299. The van der Waals surface area contributed by atoms with Crippen molar-refractivity contribution in [1.82, 2.24) is 9.55 Å². The summed E-state index contributed by atoms with van der Waals surface area (Å²) >= 11 is 0. The molecule has 0 aromatic carbocycles. The van der Waals surface area contributed by atoms with Gasteiger partial charge < -0.3 is 10.3 Å². The first-order chi connectivity index (χ1) is 6.94. The molecule has 1 rings (SSSR count). The van der Waals surface area contributed by atoms with Crippen molar-refractivity contribution in [3.05, 3.63) is 18.2 Å². The molecule has 0 aliphatic carbocycles. The summed E-state index contributed by atoms with van der Waals surface area (Å²) in [6.07, 6.45) is 5.94. The van der Waals surface area contributed by atoms with Crippen molar-refractivity contribution in [1.29, 1.82) is 0 Å². The monoisotopic (exact) mass is 209 g/mol. The summed E-state index contributed by atoms with van der Waals surface area (Å²) < 4.78 is 2.20. The van der Waals surface area contributed by atoms with Crippen molar-refractivity contribution in [3.63, 3.8) is 0 Å². The number of hydrogen-bond acceptors (Lipinski definition) is 2. The maximum absolute atomic E-state index is 5.85.